The Morgan fingerprint density at radius 2 is 1.71 bits per heavy atom. The number of aromatic nitrogens is 4. The molecule has 0 fully saturated rings. The highest BCUT2D eigenvalue weighted by atomic mass is 16.4. The molecule has 0 aliphatic carbocycles. The van der Waals surface area contributed by atoms with Gasteiger partial charge in [-0.1, -0.05) is 0 Å². The van der Waals surface area contributed by atoms with Gasteiger partial charge in [-0.25, -0.2) is 14.6 Å². The summed E-state index contributed by atoms with van der Waals surface area (Å²) in [5.74, 6) is -0.0985. The van der Waals surface area contributed by atoms with E-state index in [1.807, 2.05) is 6.92 Å². The highest BCUT2D eigenvalue weighted by Gasteiger charge is 2.19. The van der Waals surface area contributed by atoms with Crippen molar-refractivity contribution in [1.29, 1.82) is 0 Å². The van der Waals surface area contributed by atoms with Crippen LogP contribution in [0.3, 0.4) is 0 Å². The van der Waals surface area contributed by atoms with Crippen LogP contribution in [0.25, 0.3) is 33.3 Å². The summed E-state index contributed by atoms with van der Waals surface area (Å²) in [5.41, 5.74) is 2.09. The van der Waals surface area contributed by atoms with Crippen LogP contribution in [0.5, 0.6) is 5.75 Å². The number of aryl methyl sites for hydroxylation is 2. The fourth-order valence-electron chi connectivity index (χ4n) is 4.05. The molecule has 4 aromatic heterocycles. The molecule has 170 valence electrons. The van der Waals surface area contributed by atoms with Crippen LogP contribution in [-0.2, 0) is 6.54 Å². The van der Waals surface area contributed by atoms with Crippen molar-refractivity contribution in [3.63, 3.8) is 0 Å². The molecule has 0 radical (unpaired) electrons. The summed E-state index contributed by atoms with van der Waals surface area (Å²) in [6, 6.07) is 8.42. The minimum Gasteiger partial charge on any atom is -0.507 e. The lowest BCUT2D eigenvalue weighted by molar-refractivity contribution is 0.469. The van der Waals surface area contributed by atoms with Crippen LogP contribution in [0.15, 0.2) is 61.5 Å². The maximum Gasteiger partial charge on any atom is 0.339 e. The number of aromatic hydroxyl groups is 1. The smallest absolute Gasteiger partial charge is 0.339 e. The highest BCUT2D eigenvalue weighted by Crippen LogP contribution is 2.37. The van der Waals surface area contributed by atoms with Gasteiger partial charge in [0.05, 0.1) is 17.6 Å². The average molecular weight is 456 g/mol. The van der Waals surface area contributed by atoms with E-state index >= 15 is 0 Å². The Kier molecular flexibility index (Phi) is 4.89. The summed E-state index contributed by atoms with van der Waals surface area (Å²) in [4.78, 5) is 48.2. The average Bonchev–Trinajstić information content (AvgIpc) is 2.83. The largest absolute Gasteiger partial charge is 0.507 e. The molecule has 0 saturated carbocycles. The summed E-state index contributed by atoms with van der Waals surface area (Å²) in [6.45, 7) is 5.33. The lowest BCUT2D eigenvalue weighted by Gasteiger charge is -2.14. The van der Waals surface area contributed by atoms with Gasteiger partial charge in [0, 0.05) is 34.5 Å². The normalized spacial score (nSPS) is 11.4. The van der Waals surface area contributed by atoms with Crippen molar-refractivity contribution in [2.45, 2.75) is 27.3 Å². The van der Waals surface area contributed by atoms with Crippen molar-refractivity contribution in [1.82, 2.24) is 19.5 Å². The molecule has 0 spiro atoms. The number of H-pyrrole nitrogens is 1. The molecule has 9 nitrogen and oxygen atoms in total. The second kappa shape index (κ2) is 7.80. The predicted molar refractivity (Wildman–Crippen MR) is 127 cm³/mol. The van der Waals surface area contributed by atoms with Gasteiger partial charge in [-0.2, -0.15) is 0 Å². The molecule has 0 aliphatic heterocycles. The van der Waals surface area contributed by atoms with Crippen molar-refractivity contribution in [3.05, 3.63) is 96.2 Å². The Morgan fingerprint density at radius 1 is 0.971 bits per heavy atom. The van der Waals surface area contributed by atoms with Crippen LogP contribution >= 0.6 is 0 Å². The van der Waals surface area contributed by atoms with Crippen LogP contribution in [-0.4, -0.2) is 24.6 Å². The first kappa shape index (κ1) is 21.3. The third-order valence-corrected chi connectivity index (χ3v) is 6.16. The lowest BCUT2D eigenvalue weighted by atomic mass is 9.98. The van der Waals surface area contributed by atoms with E-state index in [0.717, 1.165) is 11.1 Å². The number of nitrogens with one attached hydrogen (secondary N) is 1. The molecule has 5 aromatic rings. The first-order chi connectivity index (χ1) is 16.3. The van der Waals surface area contributed by atoms with E-state index in [1.165, 1.54) is 4.57 Å². The van der Waals surface area contributed by atoms with E-state index in [4.69, 9.17) is 4.42 Å². The zero-order valence-electron chi connectivity index (χ0n) is 18.7. The molecular formula is C25H20N4O5. The number of fused-ring (bicyclic) bond motifs is 2. The molecule has 0 aliphatic rings. The van der Waals surface area contributed by atoms with E-state index in [-0.39, 0.29) is 23.3 Å². The molecule has 2 N–H and O–H groups in total. The minimum absolute atomic E-state index is 0.0985. The summed E-state index contributed by atoms with van der Waals surface area (Å²) in [7, 11) is 0. The number of phenols is 1. The number of nitrogens with zero attached hydrogens (tertiary/aromatic N) is 3. The Bertz CT molecular complexity index is 1780. The quantitative estimate of drug-likeness (QED) is 0.399. The maximum absolute atomic E-state index is 12.7. The minimum atomic E-state index is -0.592. The fraction of sp³-hybridized carbons (Fsp3) is 0.160. The van der Waals surface area contributed by atoms with E-state index in [1.54, 1.807) is 56.6 Å². The number of hydrogen-bond acceptors (Lipinski definition) is 7. The van der Waals surface area contributed by atoms with E-state index < -0.39 is 16.9 Å². The first-order valence-electron chi connectivity index (χ1n) is 10.6. The molecule has 5 rings (SSSR count). The Hall–Kier alpha value is -4.53. The number of aromatic amines is 1. The lowest BCUT2D eigenvalue weighted by Crippen LogP contribution is -2.31. The van der Waals surface area contributed by atoms with Crippen molar-refractivity contribution in [2.75, 3.05) is 0 Å². The monoisotopic (exact) mass is 456 g/mol. The molecule has 0 amide bonds. The summed E-state index contributed by atoms with van der Waals surface area (Å²) in [6.07, 6.45) is 3.23. The van der Waals surface area contributed by atoms with Crippen LogP contribution < -0.4 is 16.9 Å². The summed E-state index contributed by atoms with van der Waals surface area (Å²) >= 11 is 0. The van der Waals surface area contributed by atoms with Crippen molar-refractivity contribution < 1.29 is 9.52 Å². The highest BCUT2D eigenvalue weighted by molar-refractivity contribution is 5.92. The third kappa shape index (κ3) is 3.29. The van der Waals surface area contributed by atoms with Crippen LogP contribution in [0.2, 0.25) is 0 Å². The summed E-state index contributed by atoms with van der Waals surface area (Å²) < 4.78 is 6.80. The van der Waals surface area contributed by atoms with Gasteiger partial charge in [0.25, 0.3) is 5.56 Å². The molecule has 0 atom stereocenters. The van der Waals surface area contributed by atoms with Gasteiger partial charge in [0.1, 0.15) is 11.3 Å². The number of pyridine rings is 2. The maximum atomic E-state index is 12.7. The van der Waals surface area contributed by atoms with E-state index in [9.17, 15) is 19.5 Å². The zero-order chi connectivity index (χ0) is 24.1. The van der Waals surface area contributed by atoms with Gasteiger partial charge in [0.15, 0.2) is 5.65 Å². The molecule has 0 saturated heterocycles. The van der Waals surface area contributed by atoms with Crippen molar-refractivity contribution in [3.8, 4) is 17.0 Å². The molecule has 34 heavy (non-hydrogen) atoms. The van der Waals surface area contributed by atoms with Crippen LogP contribution in [0, 0.1) is 20.8 Å². The Morgan fingerprint density at radius 3 is 2.44 bits per heavy atom. The Balaban J connectivity index is 1.79. The second-order valence-electron chi connectivity index (χ2n) is 8.18. The van der Waals surface area contributed by atoms with Crippen molar-refractivity contribution >= 4 is 22.0 Å². The molecule has 0 unspecified atom stereocenters. The van der Waals surface area contributed by atoms with Crippen LogP contribution in [0.1, 0.15) is 22.3 Å². The zero-order valence-corrected chi connectivity index (χ0v) is 18.7. The molecular weight excluding hydrogens is 436 g/mol. The molecule has 4 heterocycles. The second-order valence-corrected chi connectivity index (χ2v) is 8.18. The van der Waals surface area contributed by atoms with Gasteiger partial charge < -0.3 is 9.52 Å². The number of benzene rings is 1. The van der Waals surface area contributed by atoms with Gasteiger partial charge in [0.2, 0.25) is 0 Å². The number of phenolic OH excluding ortho intramolecular Hbond substituents is 1. The van der Waals surface area contributed by atoms with Crippen molar-refractivity contribution in [2.24, 2.45) is 0 Å². The van der Waals surface area contributed by atoms with E-state index in [2.05, 4.69) is 15.0 Å². The third-order valence-electron chi connectivity index (χ3n) is 6.16. The molecule has 0 bridgehead atoms. The Labute approximate surface area is 192 Å². The molecule has 1 aromatic carbocycles. The SMILES string of the molecule is Cc1c(C)c2cc(-c3ccc4c(=O)[nH]c(=O)n(Cc5ccncc5)c4n3)c(O)c(C)c2oc1=O. The number of rotatable bonds is 3. The van der Waals surface area contributed by atoms with Gasteiger partial charge in [-0.15, -0.1) is 0 Å². The first-order valence-corrected chi connectivity index (χ1v) is 10.6. The summed E-state index contributed by atoms with van der Waals surface area (Å²) in [5, 5.41) is 11.9. The fourth-order valence-corrected chi connectivity index (χ4v) is 4.05. The predicted octanol–water partition coefficient (Wildman–Crippen LogP) is 2.93. The van der Waals surface area contributed by atoms with Gasteiger partial charge >= 0.3 is 11.3 Å². The topological polar surface area (TPSA) is 131 Å². The molecule has 9 heteroatoms. The van der Waals surface area contributed by atoms with Crippen LogP contribution in [0.4, 0.5) is 0 Å². The van der Waals surface area contributed by atoms with Gasteiger partial charge in [-0.3, -0.25) is 19.3 Å². The van der Waals surface area contributed by atoms with E-state index in [0.29, 0.717) is 33.4 Å². The number of hydrogen-bond donors (Lipinski definition) is 2. The standard InChI is InChI=1S/C25H20N4O5/c1-12-13(2)24(32)34-21-14(3)20(30)18(10-17(12)21)19-5-4-16-22(27-19)29(25(33)28-23(16)31)11-15-6-8-26-9-7-15/h4-10,30H,11H2,1-3H3,(H,28,31,33). The van der Waals surface area contributed by atoms with Gasteiger partial charge in [-0.05, 0) is 62.2 Å².